The third-order valence-electron chi connectivity index (χ3n) is 4.33. The van der Waals surface area contributed by atoms with Gasteiger partial charge in [0.05, 0.1) is 24.0 Å². The molecule has 2 rings (SSSR count). The molecule has 0 bridgehead atoms. The minimum absolute atomic E-state index is 0.176. The first-order chi connectivity index (χ1) is 9.65. The fourth-order valence-electron chi connectivity index (χ4n) is 1.97. The monoisotopic (exact) mass is 325 g/mol. The molecule has 0 saturated carbocycles. The van der Waals surface area contributed by atoms with Crippen molar-refractivity contribution in [3.63, 3.8) is 0 Å². The minimum Gasteiger partial charge on any atom is -0.411 e. The van der Waals surface area contributed by atoms with E-state index in [1.54, 1.807) is 0 Å². The molecule has 0 N–H and O–H groups in total. The van der Waals surface area contributed by atoms with Crippen LogP contribution in [0.2, 0.25) is 23.3 Å². The Balaban J connectivity index is 2.36. The van der Waals surface area contributed by atoms with Crippen molar-refractivity contribution in [3.8, 4) is 0 Å². The minimum atomic E-state index is -1.81. The molecule has 2 heterocycles. The summed E-state index contributed by atoms with van der Waals surface area (Å²) < 4.78 is 8.24. The van der Waals surface area contributed by atoms with Crippen LogP contribution in [0, 0.1) is 0 Å². The first-order valence-electron chi connectivity index (χ1n) is 7.30. The van der Waals surface area contributed by atoms with E-state index in [1.165, 1.54) is 0 Å². The summed E-state index contributed by atoms with van der Waals surface area (Å²) in [6.45, 7) is 14.5. The Morgan fingerprint density at radius 3 is 2.57 bits per heavy atom. The molecule has 0 aliphatic heterocycles. The predicted molar refractivity (Wildman–Crippen MR) is 90.2 cm³/mol. The number of halogens is 1. The highest BCUT2D eigenvalue weighted by Gasteiger charge is 2.37. The van der Waals surface area contributed by atoms with Crippen molar-refractivity contribution in [2.45, 2.75) is 59.0 Å². The largest absolute Gasteiger partial charge is 0.411 e. The van der Waals surface area contributed by atoms with Gasteiger partial charge in [0.1, 0.15) is 5.15 Å². The first kappa shape index (κ1) is 16.5. The quantitative estimate of drug-likeness (QED) is 0.608. The molecular formula is C15H24ClN3OSi. The predicted octanol–water partition coefficient (Wildman–Crippen LogP) is 4.63. The molecule has 0 radical (unpaired) electrons. The zero-order valence-corrected chi connectivity index (χ0v) is 15.5. The zero-order chi connectivity index (χ0) is 15.8. The second-order valence-electron chi connectivity index (χ2n) is 6.84. The van der Waals surface area contributed by atoms with Crippen molar-refractivity contribution in [1.29, 1.82) is 0 Å². The number of hydrogen-bond acceptors (Lipinski definition) is 3. The number of pyridine rings is 1. The van der Waals surface area contributed by atoms with Crippen LogP contribution in [-0.2, 0) is 17.6 Å². The Bertz CT molecular complexity index is 646. The molecule has 2 aromatic heterocycles. The van der Waals surface area contributed by atoms with E-state index in [1.807, 2.05) is 16.9 Å². The van der Waals surface area contributed by atoms with E-state index in [-0.39, 0.29) is 5.04 Å². The molecule has 21 heavy (non-hydrogen) atoms. The van der Waals surface area contributed by atoms with Crippen LogP contribution < -0.4 is 0 Å². The molecule has 4 nitrogen and oxygen atoms in total. The SMILES string of the molecule is CCn1ncc2cc(Cl)nc(CO[Si](C)(C)C(C)(C)C)c21. The van der Waals surface area contributed by atoms with Crippen molar-refractivity contribution in [3.05, 3.63) is 23.1 Å². The van der Waals surface area contributed by atoms with Crippen molar-refractivity contribution in [1.82, 2.24) is 14.8 Å². The topological polar surface area (TPSA) is 39.9 Å². The van der Waals surface area contributed by atoms with Crippen molar-refractivity contribution >= 4 is 30.8 Å². The van der Waals surface area contributed by atoms with Gasteiger partial charge in [0, 0.05) is 11.9 Å². The Morgan fingerprint density at radius 2 is 2.00 bits per heavy atom. The highest BCUT2D eigenvalue weighted by atomic mass is 35.5. The molecule has 0 aliphatic rings. The number of nitrogens with zero attached hydrogens (tertiary/aromatic N) is 3. The second-order valence-corrected chi connectivity index (χ2v) is 12.0. The van der Waals surface area contributed by atoms with Crippen LogP contribution in [0.5, 0.6) is 0 Å². The first-order valence-corrected chi connectivity index (χ1v) is 10.6. The smallest absolute Gasteiger partial charge is 0.192 e. The third kappa shape index (κ3) is 3.30. The molecule has 0 unspecified atom stereocenters. The Kier molecular flexibility index (Phi) is 4.47. The van der Waals surface area contributed by atoms with Crippen LogP contribution in [0.4, 0.5) is 0 Å². The highest BCUT2D eigenvalue weighted by molar-refractivity contribution is 6.74. The molecule has 0 atom stereocenters. The molecule has 0 aliphatic carbocycles. The molecule has 6 heteroatoms. The Labute approximate surface area is 132 Å². The van der Waals surface area contributed by atoms with Gasteiger partial charge in [-0.1, -0.05) is 32.4 Å². The van der Waals surface area contributed by atoms with Gasteiger partial charge in [-0.25, -0.2) is 4.98 Å². The molecule has 116 valence electrons. The van der Waals surface area contributed by atoms with Gasteiger partial charge in [0.2, 0.25) is 0 Å². The number of aromatic nitrogens is 3. The average Bonchev–Trinajstić information content (AvgIpc) is 2.77. The summed E-state index contributed by atoms with van der Waals surface area (Å²) in [5.74, 6) is 0. The van der Waals surface area contributed by atoms with Crippen LogP contribution in [0.3, 0.4) is 0 Å². The lowest BCUT2D eigenvalue weighted by Gasteiger charge is -2.36. The molecule has 2 aromatic rings. The van der Waals surface area contributed by atoms with E-state index in [2.05, 4.69) is 50.9 Å². The summed E-state index contributed by atoms with van der Waals surface area (Å²) in [5, 5.41) is 6.07. The average molecular weight is 326 g/mol. The van der Waals surface area contributed by atoms with Crippen LogP contribution in [0.1, 0.15) is 33.4 Å². The van der Waals surface area contributed by atoms with Crippen LogP contribution >= 0.6 is 11.6 Å². The van der Waals surface area contributed by atoms with E-state index in [0.29, 0.717) is 11.8 Å². The number of rotatable bonds is 4. The fourth-order valence-corrected chi connectivity index (χ4v) is 3.12. The number of fused-ring (bicyclic) bond motifs is 1. The maximum Gasteiger partial charge on any atom is 0.192 e. The second kappa shape index (κ2) is 5.70. The third-order valence-corrected chi connectivity index (χ3v) is 9.00. The van der Waals surface area contributed by atoms with Gasteiger partial charge in [0.15, 0.2) is 8.32 Å². The van der Waals surface area contributed by atoms with Gasteiger partial charge < -0.3 is 4.43 Å². The standard InChI is InChI=1S/C15H24ClN3OSi/c1-7-19-14-11(9-17-19)8-13(16)18-12(14)10-20-21(5,6)15(2,3)4/h8-9H,7,10H2,1-6H3. The summed E-state index contributed by atoms with van der Waals surface area (Å²) in [6.07, 6.45) is 1.84. The van der Waals surface area contributed by atoms with Crippen molar-refractivity contribution in [2.75, 3.05) is 0 Å². The summed E-state index contributed by atoms with van der Waals surface area (Å²) in [4.78, 5) is 4.47. The van der Waals surface area contributed by atoms with Gasteiger partial charge in [0.25, 0.3) is 0 Å². The molecule has 0 spiro atoms. The van der Waals surface area contributed by atoms with Crippen molar-refractivity contribution in [2.24, 2.45) is 0 Å². The summed E-state index contributed by atoms with van der Waals surface area (Å²) in [6, 6.07) is 1.85. The summed E-state index contributed by atoms with van der Waals surface area (Å²) in [5.41, 5.74) is 1.90. The van der Waals surface area contributed by atoms with Gasteiger partial charge in [-0.2, -0.15) is 5.10 Å². The molecule has 0 aromatic carbocycles. The fraction of sp³-hybridized carbons (Fsp3) is 0.600. The number of aryl methyl sites for hydroxylation is 1. The Morgan fingerprint density at radius 1 is 1.33 bits per heavy atom. The van der Waals surface area contributed by atoms with Gasteiger partial charge in [-0.05, 0) is 31.1 Å². The molecule has 0 fully saturated rings. The van der Waals surface area contributed by atoms with E-state index >= 15 is 0 Å². The summed E-state index contributed by atoms with van der Waals surface area (Å²) in [7, 11) is -1.81. The maximum absolute atomic E-state index is 6.29. The number of hydrogen-bond donors (Lipinski definition) is 0. The van der Waals surface area contributed by atoms with E-state index < -0.39 is 8.32 Å². The van der Waals surface area contributed by atoms with Gasteiger partial charge in [-0.15, -0.1) is 0 Å². The lowest BCUT2D eigenvalue weighted by atomic mass is 10.2. The van der Waals surface area contributed by atoms with Crippen molar-refractivity contribution < 1.29 is 4.43 Å². The molecular weight excluding hydrogens is 302 g/mol. The van der Waals surface area contributed by atoms with Crippen LogP contribution in [0.25, 0.3) is 10.9 Å². The van der Waals surface area contributed by atoms with Crippen LogP contribution in [-0.4, -0.2) is 23.1 Å². The lowest BCUT2D eigenvalue weighted by Crippen LogP contribution is -2.40. The van der Waals surface area contributed by atoms with E-state index in [9.17, 15) is 0 Å². The molecule has 0 saturated heterocycles. The van der Waals surface area contributed by atoms with Gasteiger partial charge in [-0.3, -0.25) is 4.68 Å². The molecule has 0 amide bonds. The lowest BCUT2D eigenvalue weighted by molar-refractivity contribution is 0.273. The zero-order valence-electron chi connectivity index (χ0n) is 13.7. The summed E-state index contributed by atoms with van der Waals surface area (Å²) >= 11 is 6.12. The Hall–Kier alpha value is -0.913. The highest BCUT2D eigenvalue weighted by Crippen LogP contribution is 2.37. The normalized spacial score (nSPS) is 13.1. The van der Waals surface area contributed by atoms with Crippen LogP contribution in [0.15, 0.2) is 12.3 Å². The maximum atomic E-state index is 6.29. The van der Waals surface area contributed by atoms with Gasteiger partial charge >= 0.3 is 0 Å². The van der Waals surface area contributed by atoms with E-state index in [0.717, 1.165) is 23.1 Å². The van der Waals surface area contributed by atoms with E-state index in [4.69, 9.17) is 16.0 Å².